The van der Waals surface area contributed by atoms with Gasteiger partial charge in [-0.3, -0.25) is 0 Å². The molecule has 2 rings (SSSR count). The van der Waals surface area contributed by atoms with Crippen molar-refractivity contribution in [1.29, 1.82) is 5.26 Å². The van der Waals surface area contributed by atoms with Crippen LogP contribution in [0.5, 0.6) is 0 Å². The van der Waals surface area contributed by atoms with E-state index in [4.69, 9.17) is 5.26 Å². The van der Waals surface area contributed by atoms with Crippen molar-refractivity contribution in [2.75, 3.05) is 0 Å². The summed E-state index contributed by atoms with van der Waals surface area (Å²) >= 11 is 0. The van der Waals surface area contributed by atoms with Gasteiger partial charge in [-0.15, -0.1) is 0 Å². The van der Waals surface area contributed by atoms with Crippen LogP contribution in [0.25, 0.3) is 5.69 Å². The largest absolute Gasteiger partial charge is 0.236 e. The molecule has 3 heteroatoms. The van der Waals surface area contributed by atoms with E-state index in [1.807, 2.05) is 18.5 Å². The van der Waals surface area contributed by atoms with Gasteiger partial charge in [0.1, 0.15) is 6.07 Å². The summed E-state index contributed by atoms with van der Waals surface area (Å²) in [5.74, 6) is 0. The Morgan fingerprint density at radius 2 is 1.65 bits per heavy atom. The molecular formula is C14H15N3. The summed E-state index contributed by atoms with van der Waals surface area (Å²) in [6.45, 7) is 7.92. The summed E-state index contributed by atoms with van der Waals surface area (Å²) in [4.78, 5) is 0. The number of hydrogen-bond acceptors (Lipinski definition) is 2. The fraction of sp³-hybridized carbons (Fsp3) is 0.286. The average Bonchev–Trinajstić information content (AvgIpc) is 2.52. The number of aryl methyl sites for hydroxylation is 3. The summed E-state index contributed by atoms with van der Waals surface area (Å²) in [7, 11) is 0. The Morgan fingerprint density at radius 3 is 2.12 bits per heavy atom. The van der Waals surface area contributed by atoms with Gasteiger partial charge in [0.25, 0.3) is 0 Å². The molecule has 0 saturated heterocycles. The molecule has 17 heavy (non-hydrogen) atoms. The van der Waals surface area contributed by atoms with E-state index in [1.54, 1.807) is 0 Å². The molecule has 0 aliphatic carbocycles. The number of aromatic nitrogens is 2. The number of hydrogen-bond donors (Lipinski definition) is 0. The second kappa shape index (κ2) is 4.06. The minimum Gasteiger partial charge on any atom is -0.236 e. The number of rotatable bonds is 1. The van der Waals surface area contributed by atoms with Crippen LogP contribution in [-0.4, -0.2) is 9.78 Å². The Labute approximate surface area is 101 Å². The van der Waals surface area contributed by atoms with Gasteiger partial charge in [0.2, 0.25) is 0 Å². The zero-order chi connectivity index (χ0) is 12.6. The highest BCUT2D eigenvalue weighted by Crippen LogP contribution is 2.19. The highest BCUT2D eigenvalue weighted by molar-refractivity contribution is 5.45. The van der Waals surface area contributed by atoms with Crippen molar-refractivity contribution in [2.24, 2.45) is 0 Å². The lowest BCUT2D eigenvalue weighted by Gasteiger charge is -2.07. The van der Waals surface area contributed by atoms with Crippen molar-refractivity contribution in [3.63, 3.8) is 0 Å². The third kappa shape index (κ3) is 1.94. The van der Waals surface area contributed by atoms with E-state index >= 15 is 0 Å². The summed E-state index contributed by atoms with van der Waals surface area (Å²) in [6.07, 6.45) is 0. The Hall–Kier alpha value is -2.08. The first-order valence-corrected chi connectivity index (χ1v) is 5.58. The lowest BCUT2D eigenvalue weighted by Crippen LogP contribution is -2.00. The van der Waals surface area contributed by atoms with Crippen molar-refractivity contribution in [1.82, 2.24) is 9.78 Å². The van der Waals surface area contributed by atoms with Crippen LogP contribution in [0, 0.1) is 39.0 Å². The van der Waals surface area contributed by atoms with Crippen molar-refractivity contribution in [3.05, 3.63) is 46.3 Å². The molecule has 0 amide bonds. The SMILES string of the molecule is Cc1cc(C)cc(-n2nc(C)c(C#N)c2C)c1. The van der Waals surface area contributed by atoms with Gasteiger partial charge in [0.15, 0.2) is 0 Å². The van der Waals surface area contributed by atoms with Crippen LogP contribution >= 0.6 is 0 Å². The minimum absolute atomic E-state index is 0.671. The summed E-state index contributed by atoms with van der Waals surface area (Å²) in [6, 6.07) is 8.48. The Morgan fingerprint density at radius 1 is 1.06 bits per heavy atom. The van der Waals surface area contributed by atoms with Crippen LogP contribution < -0.4 is 0 Å². The van der Waals surface area contributed by atoms with E-state index in [1.165, 1.54) is 11.1 Å². The molecule has 0 spiro atoms. The van der Waals surface area contributed by atoms with E-state index in [9.17, 15) is 0 Å². The molecule has 2 aromatic rings. The molecule has 0 saturated carbocycles. The predicted octanol–water partition coefficient (Wildman–Crippen LogP) is 2.98. The van der Waals surface area contributed by atoms with E-state index in [2.05, 4.69) is 43.2 Å². The second-order valence-corrected chi connectivity index (χ2v) is 4.42. The minimum atomic E-state index is 0.671. The van der Waals surface area contributed by atoms with E-state index in [0.717, 1.165) is 17.1 Å². The monoisotopic (exact) mass is 225 g/mol. The first-order chi connectivity index (χ1) is 8.02. The molecule has 0 aliphatic rings. The summed E-state index contributed by atoms with van der Waals surface area (Å²) in [5.41, 5.74) is 5.77. The maximum Gasteiger partial charge on any atom is 0.103 e. The highest BCUT2D eigenvalue weighted by atomic mass is 15.3. The quantitative estimate of drug-likeness (QED) is 0.748. The lowest BCUT2D eigenvalue weighted by atomic mass is 10.1. The highest BCUT2D eigenvalue weighted by Gasteiger charge is 2.12. The van der Waals surface area contributed by atoms with Crippen molar-refractivity contribution in [2.45, 2.75) is 27.7 Å². The Kier molecular flexibility index (Phi) is 2.72. The number of nitrogens with zero attached hydrogens (tertiary/aromatic N) is 3. The number of benzene rings is 1. The molecule has 1 aromatic heterocycles. The van der Waals surface area contributed by atoms with Crippen molar-refractivity contribution < 1.29 is 0 Å². The van der Waals surface area contributed by atoms with Gasteiger partial charge in [-0.25, -0.2) is 4.68 Å². The standard InChI is InChI=1S/C14H15N3/c1-9-5-10(2)7-13(6-9)17-12(4)14(8-15)11(3)16-17/h5-7H,1-4H3. The molecule has 0 aliphatic heterocycles. The second-order valence-electron chi connectivity index (χ2n) is 4.42. The number of nitriles is 1. The van der Waals surface area contributed by atoms with Gasteiger partial charge in [-0.2, -0.15) is 10.4 Å². The van der Waals surface area contributed by atoms with Crippen LogP contribution in [0.2, 0.25) is 0 Å². The first-order valence-electron chi connectivity index (χ1n) is 5.58. The van der Waals surface area contributed by atoms with Crippen LogP contribution in [0.15, 0.2) is 18.2 Å². The van der Waals surface area contributed by atoms with Gasteiger partial charge in [-0.1, -0.05) is 6.07 Å². The van der Waals surface area contributed by atoms with Gasteiger partial charge in [0.05, 0.1) is 22.6 Å². The molecule has 86 valence electrons. The third-order valence-electron chi connectivity index (χ3n) is 2.85. The zero-order valence-electron chi connectivity index (χ0n) is 10.6. The van der Waals surface area contributed by atoms with Crippen molar-refractivity contribution >= 4 is 0 Å². The molecule has 0 bridgehead atoms. The lowest BCUT2D eigenvalue weighted by molar-refractivity contribution is 0.831. The molecule has 3 nitrogen and oxygen atoms in total. The molecule has 1 aromatic carbocycles. The topological polar surface area (TPSA) is 41.6 Å². The predicted molar refractivity (Wildman–Crippen MR) is 67.2 cm³/mol. The third-order valence-corrected chi connectivity index (χ3v) is 2.85. The van der Waals surface area contributed by atoms with Crippen LogP contribution in [-0.2, 0) is 0 Å². The van der Waals surface area contributed by atoms with Crippen LogP contribution in [0.1, 0.15) is 28.1 Å². The molecule has 0 atom stereocenters. The maximum absolute atomic E-state index is 9.07. The summed E-state index contributed by atoms with van der Waals surface area (Å²) in [5, 5.41) is 13.5. The van der Waals surface area contributed by atoms with Crippen molar-refractivity contribution in [3.8, 4) is 11.8 Å². The smallest absolute Gasteiger partial charge is 0.103 e. The molecular weight excluding hydrogens is 210 g/mol. The molecule has 0 unspecified atom stereocenters. The molecule has 0 radical (unpaired) electrons. The fourth-order valence-corrected chi connectivity index (χ4v) is 2.13. The van der Waals surface area contributed by atoms with Crippen LogP contribution in [0.4, 0.5) is 0 Å². The fourth-order valence-electron chi connectivity index (χ4n) is 2.13. The molecule has 1 heterocycles. The van der Waals surface area contributed by atoms with Gasteiger partial charge in [0, 0.05) is 0 Å². The summed E-state index contributed by atoms with van der Waals surface area (Å²) < 4.78 is 1.84. The molecule has 0 fully saturated rings. The first kappa shape index (κ1) is 11.4. The van der Waals surface area contributed by atoms with E-state index in [0.29, 0.717) is 5.56 Å². The van der Waals surface area contributed by atoms with Gasteiger partial charge >= 0.3 is 0 Å². The zero-order valence-corrected chi connectivity index (χ0v) is 10.6. The van der Waals surface area contributed by atoms with Gasteiger partial charge < -0.3 is 0 Å². The normalized spacial score (nSPS) is 10.3. The maximum atomic E-state index is 9.07. The molecule has 0 N–H and O–H groups in total. The van der Waals surface area contributed by atoms with Crippen LogP contribution in [0.3, 0.4) is 0 Å². The van der Waals surface area contributed by atoms with E-state index in [-0.39, 0.29) is 0 Å². The van der Waals surface area contributed by atoms with Gasteiger partial charge in [-0.05, 0) is 51.0 Å². The Bertz CT molecular complexity index is 595. The van der Waals surface area contributed by atoms with E-state index < -0.39 is 0 Å². The average molecular weight is 225 g/mol. The Balaban J connectivity index is 2.65.